The van der Waals surface area contributed by atoms with E-state index < -0.39 is 0 Å². The van der Waals surface area contributed by atoms with E-state index in [9.17, 15) is 3.89 Å². The van der Waals surface area contributed by atoms with Gasteiger partial charge in [0.1, 0.15) is 5.82 Å². The smallest absolute Gasteiger partial charge is 0.145 e. The highest BCUT2D eigenvalue weighted by Crippen LogP contribution is 2.66. The van der Waals surface area contributed by atoms with Crippen molar-refractivity contribution in [1.82, 2.24) is 14.1 Å². The lowest BCUT2D eigenvalue weighted by Crippen LogP contribution is -2.24. The topological polar surface area (TPSA) is 26.0 Å². The van der Waals surface area contributed by atoms with Crippen LogP contribution in [0.1, 0.15) is 148 Å². The number of rotatable bonds is 11. The number of hydrogen-bond donors (Lipinski definition) is 0. The van der Waals surface area contributed by atoms with Crippen LogP contribution in [0.5, 0.6) is 0 Å². The van der Waals surface area contributed by atoms with E-state index in [4.69, 9.17) is 4.98 Å². The predicted octanol–water partition coefficient (Wildman–Crippen LogP) is 19.4. The maximum atomic E-state index is 12.7. The molecular weight excluding hydrogens is 876 g/mol. The Kier molecular flexibility index (Phi) is 17.9. The van der Waals surface area contributed by atoms with Crippen molar-refractivity contribution < 1.29 is 3.89 Å². The molecule has 8 aromatic rings. The number of allylic oxidation sites excluding steroid dienone is 1. The summed E-state index contributed by atoms with van der Waals surface area (Å²) in [5, 5.41) is 2.55. The van der Waals surface area contributed by atoms with Gasteiger partial charge in [-0.25, -0.2) is 4.98 Å². The highest BCUT2D eigenvalue weighted by Gasteiger charge is 2.59. The largest absolute Gasteiger partial charge is 0.345 e. The zero-order valence-electron chi connectivity index (χ0n) is 44.9. The van der Waals surface area contributed by atoms with Crippen molar-refractivity contribution in [3.63, 3.8) is 0 Å². The summed E-state index contributed by atoms with van der Waals surface area (Å²) in [5.74, 6) is 1.85. The highest BCUT2D eigenvalue weighted by molar-refractivity contribution is 7.94. The first-order valence-corrected chi connectivity index (χ1v) is 26.3. The van der Waals surface area contributed by atoms with E-state index in [0.29, 0.717) is 34.9 Å². The van der Waals surface area contributed by atoms with Crippen molar-refractivity contribution in [2.24, 2.45) is 5.41 Å². The fourth-order valence-electron chi connectivity index (χ4n) is 9.61. The Morgan fingerprint density at radius 3 is 1.74 bits per heavy atom. The number of halogens is 1. The molecule has 0 N–H and O–H groups in total. The van der Waals surface area contributed by atoms with Crippen LogP contribution in [0.2, 0.25) is 0 Å². The number of aromatic nitrogens is 3. The monoisotopic (exact) mass is 955 g/mol. The summed E-state index contributed by atoms with van der Waals surface area (Å²) in [6.45, 7) is 33.5. The van der Waals surface area contributed by atoms with Gasteiger partial charge in [0, 0.05) is 40.0 Å². The van der Waals surface area contributed by atoms with Crippen molar-refractivity contribution in [3.8, 4) is 22.8 Å². The minimum Gasteiger partial charge on any atom is -0.345 e. The maximum Gasteiger partial charge on any atom is 0.145 e. The maximum absolute atomic E-state index is 12.7. The van der Waals surface area contributed by atoms with Gasteiger partial charge in [0.2, 0.25) is 0 Å². The Morgan fingerprint density at radius 2 is 1.23 bits per heavy atom. The zero-order chi connectivity index (χ0) is 50.9. The molecule has 1 saturated carbocycles. The average molecular weight is 955 g/mol. The molecule has 1 aliphatic rings. The second kappa shape index (κ2) is 23.4. The molecule has 0 saturated heterocycles. The minimum atomic E-state index is 0.0472. The van der Waals surface area contributed by atoms with Gasteiger partial charge in [0.05, 0.1) is 45.1 Å². The highest BCUT2D eigenvalue weighted by atomic mass is 32.2. The van der Waals surface area contributed by atoms with Crippen LogP contribution in [0.25, 0.3) is 44.6 Å². The molecule has 2 aromatic heterocycles. The van der Waals surface area contributed by atoms with Gasteiger partial charge < -0.3 is 9.47 Å². The number of unbranched alkanes of at least 4 members (excludes halogenated alkanes) is 1. The van der Waals surface area contributed by atoms with Crippen molar-refractivity contribution >= 4 is 39.6 Å². The van der Waals surface area contributed by atoms with Crippen LogP contribution in [-0.2, 0) is 5.41 Å². The molecule has 368 valence electrons. The number of aryl methyl sites for hydroxylation is 2. The van der Waals surface area contributed by atoms with Crippen LogP contribution in [-0.4, -0.2) is 20.2 Å². The molecule has 1 unspecified atom stereocenters. The molecule has 0 radical (unpaired) electrons. The van der Waals surface area contributed by atoms with Crippen LogP contribution in [0.3, 0.4) is 0 Å². The molecule has 9 rings (SSSR count). The summed E-state index contributed by atoms with van der Waals surface area (Å²) >= 11 is 0.291. The Labute approximate surface area is 425 Å². The van der Waals surface area contributed by atoms with E-state index >= 15 is 0 Å². The van der Waals surface area contributed by atoms with Gasteiger partial charge in [-0.3, -0.25) is 4.57 Å². The fourth-order valence-corrected chi connectivity index (χ4v) is 9.99. The van der Waals surface area contributed by atoms with Crippen molar-refractivity contribution in [2.75, 3.05) is 4.90 Å². The molecule has 4 nitrogen and oxygen atoms in total. The van der Waals surface area contributed by atoms with Crippen LogP contribution in [0, 0.1) is 26.2 Å². The van der Waals surface area contributed by atoms with Crippen LogP contribution < -0.4 is 4.90 Å². The molecule has 0 amide bonds. The molecule has 0 spiro atoms. The number of nitrogens with zero attached hydrogens (tertiary/aromatic N) is 4. The molecule has 1 atom stereocenters. The lowest BCUT2D eigenvalue weighted by Gasteiger charge is -2.26. The Morgan fingerprint density at radius 1 is 0.671 bits per heavy atom. The molecule has 1 aliphatic carbocycles. The molecule has 2 heterocycles. The summed E-state index contributed by atoms with van der Waals surface area (Å²) in [5.41, 5.74) is 15.2. The number of hydrogen-bond acceptors (Lipinski definition) is 3. The predicted molar refractivity (Wildman–Crippen MR) is 304 cm³/mol. The molecule has 6 heteroatoms. The van der Waals surface area contributed by atoms with Gasteiger partial charge in [-0.2, -0.15) is 3.89 Å². The van der Waals surface area contributed by atoms with E-state index in [1.165, 1.54) is 79.5 Å². The number of imidazole rings is 1. The van der Waals surface area contributed by atoms with Crippen LogP contribution in [0.15, 0.2) is 157 Å². The number of para-hydroxylation sites is 4. The van der Waals surface area contributed by atoms with E-state index in [0.717, 1.165) is 23.6 Å². The number of fused-ring (bicyclic) bond motifs is 3. The average Bonchev–Trinajstić information content (AvgIpc) is 3.56. The summed E-state index contributed by atoms with van der Waals surface area (Å²) in [4.78, 5) is 8.13. The van der Waals surface area contributed by atoms with Crippen LogP contribution in [0.4, 0.5) is 9.57 Å². The lowest BCUT2D eigenvalue weighted by atomic mass is 9.85. The summed E-state index contributed by atoms with van der Waals surface area (Å²) in [7, 11) is 0. The number of benzene rings is 6. The molecule has 0 bridgehead atoms. The van der Waals surface area contributed by atoms with Crippen molar-refractivity contribution in [1.29, 1.82) is 0 Å². The molecule has 6 aromatic carbocycles. The van der Waals surface area contributed by atoms with Crippen LogP contribution >= 0.6 is 12.1 Å². The van der Waals surface area contributed by atoms with Crippen molar-refractivity contribution in [3.05, 3.63) is 185 Å². The third-order valence-corrected chi connectivity index (χ3v) is 14.8. The van der Waals surface area contributed by atoms with Gasteiger partial charge in [-0.15, -0.1) is 0 Å². The standard InChI is InChI=1S/C41H45N3.C12H16FNS.C7H8.C4H10/c1-25(2)30-19-15-20-31(26(3)4)38(30)43-28(6)27(5)42-39(43)34-22-33-32-18-13-14-21-36(32)44(29-16-11-10-12-17-29)37(33)23-35(34)41(9)24-40(41,7)8;1-4-9-14(10(2)3)11-7-5-6-8-12(11)15-13;1-7-5-3-2-4-6-7;1-3-4-2/h10-23,25-26H,24H2,1-9H3;4-10H,1-3H3;2-6H,1H3;3-4H2,1-2H3/b;9-4-;;. The first-order valence-electron chi connectivity index (χ1n) is 25.6. The van der Waals surface area contributed by atoms with E-state index in [2.05, 4.69) is 208 Å². The van der Waals surface area contributed by atoms with Gasteiger partial charge in [0.25, 0.3) is 0 Å². The second-order valence-corrected chi connectivity index (χ2v) is 21.3. The Balaban J connectivity index is 0.000000252. The third-order valence-electron chi connectivity index (χ3n) is 14.3. The first kappa shape index (κ1) is 53.5. The summed E-state index contributed by atoms with van der Waals surface area (Å²) in [6, 6.07) is 49.6. The quantitative estimate of drug-likeness (QED) is 0.129. The van der Waals surface area contributed by atoms with Gasteiger partial charge in [-0.1, -0.05) is 184 Å². The summed E-state index contributed by atoms with van der Waals surface area (Å²) < 4.78 is 17.7. The van der Waals surface area contributed by atoms with E-state index in [1.807, 2.05) is 55.6 Å². The first-order chi connectivity index (χ1) is 33.5. The molecule has 0 aliphatic heterocycles. The zero-order valence-corrected chi connectivity index (χ0v) is 45.7. The summed E-state index contributed by atoms with van der Waals surface area (Å²) in [6.07, 6.45) is 7.72. The third kappa shape index (κ3) is 11.3. The molecule has 70 heavy (non-hydrogen) atoms. The second-order valence-electron chi connectivity index (χ2n) is 20.7. The molecular formula is C64H79FN4S. The molecule has 1 fully saturated rings. The normalized spacial score (nSPS) is 14.9. The van der Waals surface area contributed by atoms with Gasteiger partial charge in [0.15, 0.2) is 0 Å². The van der Waals surface area contributed by atoms with Crippen molar-refractivity contribution in [2.45, 2.75) is 151 Å². The van der Waals surface area contributed by atoms with E-state index in [-0.39, 0.29) is 10.8 Å². The fraction of sp³-hybridized carbons (Fsp3) is 0.359. The number of anilines is 1. The Bertz CT molecular complexity index is 2960. The minimum absolute atomic E-state index is 0.0472. The van der Waals surface area contributed by atoms with E-state index in [1.54, 1.807) is 6.07 Å². The van der Waals surface area contributed by atoms with Gasteiger partial charge in [-0.05, 0) is 130 Å². The lowest BCUT2D eigenvalue weighted by molar-refractivity contribution is 0.529. The van der Waals surface area contributed by atoms with Gasteiger partial charge >= 0.3 is 0 Å². The SMILES string of the molecule is C/C=C\N(c1ccccc1SF)C(C)C.CCCC.Cc1ccccc1.Cc1nc(-c2cc3c4ccccc4n(-c4ccccc4)c3cc2C2(C)CC2(C)C)n(-c2c(C(C)C)cccc2C(C)C)c1C. The Hall–Kier alpha value is -5.85.